The summed E-state index contributed by atoms with van der Waals surface area (Å²) >= 11 is 0. The van der Waals surface area contributed by atoms with Crippen LogP contribution in [0.15, 0.2) is 39.5 Å². The Bertz CT molecular complexity index is 734. The third-order valence-corrected chi connectivity index (χ3v) is 3.10. The number of esters is 1. The minimum absolute atomic E-state index is 0.0546. The van der Waals surface area contributed by atoms with Crippen molar-refractivity contribution in [3.63, 3.8) is 0 Å². The molecule has 0 atom stereocenters. The Morgan fingerprint density at radius 3 is 2.71 bits per heavy atom. The maximum Gasteiger partial charge on any atom is 0.349 e. The van der Waals surface area contributed by atoms with Crippen molar-refractivity contribution < 1.29 is 18.7 Å². The molecule has 0 aliphatic heterocycles. The minimum Gasteiger partial charge on any atom is -0.469 e. The molecule has 1 aromatic carbocycles. The third-order valence-electron chi connectivity index (χ3n) is 3.10. The van der Waals surface area contributed by atoms with E-state index in [1.807, 2.05) is 0 Å². The van der Waals surface area contributed by atoms with Gasteiger partial charge >= 0.3 is 11.6 Å². The molecule has 21 heavy (non-hydrogen) atoms. The average molecular weight is 289 g/mol. The van der Waals surface area contributed by atoms with Gasteiger partial charge in [-0.15, -0.1) is 0 Å². The van der Waals surface area contributed by atoms with Gasteiger partial charge in [0.15, 0.2) is 0 Å². The Morgan fingerprint density at radius 2 is 2.00 bits per heavy atom. The number of hydrogen-bond acceptors (Lipinski definition) is 5. The number of nitrogens with zero attached hydrogens (tertiary/aromatic N) is 1. The number of ether oxygens (including phenoxy) is 1. The summed E-state index contributed by atoms with van der Waals surface area (Å²) in [6, 6.07) is 8.44. The lowest BCUT2D eigenvalue weighted by Gasteiger charge is -2.15. The highest BCUT2D eigenvalue weighted by atomic mass is 16.5. The first-order valence-electron chi connectivity index (χ1n) is 6.38. The number of carbonyl (C=O) groups excluding carboxylic acids is 2. The molecule has 1 amide bonds. The summed E-state index contributed by atoms with van der Waals surface area (Å²) in [7, 11) is 2.79. The van der Waals surface area contributed by atoms with E-state index in [0.29, 0.717) is 11.0 Å². The topological polar surface area (TPSA) is 76.8 Å². The highest BCUT2D eigenvalue weighted by Crippen LogP contribution is 2.13. The number of amides is 1. The highest BCUT2D eigenvalue weighted by Gasteiger charge is 2.18. The number of para-hydroxylation sites is 1. The van der Waals surface area contributed by atoms with Crippen LogP contribution in [0.5, 0.6) is 0 Å². The first-order valence-corrected chi connectivity index (χ1v) is 6.38. The number of rotatable bonds is 4. The molecule has 2 rings (SSSR count). The number of benzene rings is 1. The largest absolute Gasteiger partial charge is 0.469 e. The van der Waals surface area contributed by atoms with Crippen molar-refractivity contribution in [2.45, 2.75) is 6.42 Å². The van der Waals surface area contributed by atoms with Gasteiger partial charge in [0, 0.05) is 19.0 Å². The summed E-state index contributed by atoms with van der Waals surface area (Å²) in [6.07, 6.45) is 0.0671. The van der Waals surface area contributed by atoms with Crippen LogP contribution in [0.2, 0.25) is 0 Å². The molecule has 110 valence electrons. The van der Waals surface area contributed by atoms with E-state index in [1.165, 1.54) is 25.1 Å². The van der Waals surface area contributed by atoms with Gasteiger partial charge < -0.3 is 14.1 Å². The predicted molar refractivity (Wildman–Crippen MR) is 76.1 cm³/mol. The first-order chi connectivity index (χ1) is 10.0. The Hall–Kier alpha value is -2.63. The van der Waals surface area contributed by atoms with Gasteiger partial charge in [-0.25, -0.2) is 4.79 Å². The van der Waals surface area contributed by atoms with Crippen molar-refractivity contribution in [2.75, 3.05) is 20.7 Å². The molecule has 6 nitrogen and oxygen atoms in total. The monoisotopic (exact) mass is 289 g/mol. The Balaban J connectivity index is 2.24. The molecule has 0 bridgehead atoms. The molecule has 1 heterocycles. The van der Waals surface area contributed by atoms with Gasteiger partial charge in [-0.05, 0) is 12.1 Å². The van der Waals surface area contributed by atoms with Gasteiger partial charge in [-0.3, -0.25) is 9.59 Å². The van der Waals surface area contributed by atoms with Gasteiger partial charge in [-0.2, -0.15) is 0 Å². The zero-order chi connectivity index (χ0) is 15.4. The van der Waals surface area contributed by atoms with E-state index >= 15 is 0 Å². The summed E-state index contributed by atoms with van der Waals surface area (Å²) in [5, 5.41) is 0.668. The lowest BCUT2D eigenvalue weighted by atomic mass is 10.1. The zero-order valence-electron chi connectivity index (χ0n) is 11.8. The van der Waals surface area contributed by atoms with Crippen LogP contribution in [0.1, 0.15) is 16.8 Å². The normalized spacial score (nSPS) is 10.4. The second-order valence-corrected chi connectivity index (χ2v) is 4.54. The van der Waals surface area contributed by atoms with Crippen molar-refractivity contribution in [1.29, 1.82) is 0 Å². The van der Waals surface area contributed by atoms with E-state index in [0.717, 1.165) is 0 Å². The average Bonchev–Trinajstić information content (AvgIpc) is 2.50. The van der Waals surface area contributed by atoms with Crippen LogP contribution in [0.3, 0.4) is 0 Å². The molecule has 1 aromatic heterocycles. The molecular weight excluding hydrogens is 274 g/mol. The molecule has 6 heteroatoms. The third kappa shape index (κ3) is 3.28. The molecule has 0 N–H and O–H groups in total. The van der Waals surface area contributed by atoms with Crippen LogP contribution in [0.25, 0.3) is 11.0 Å². The molecule has 0 unspecified atom stereocenters. The van der Waals surface area contributed by atoms with Gasteiger partial charge in [0.25, 0.3) is 5.91 Å². The lowest BCUT2D eigenvalue weighted by Crippen LogP contribution is -2.32. The second-order valence-electron chi connectivity index (χ2n) is 4.54. The highest BCUT2D eigenvalue weighted by molar-refractivity contribution is 5.96. The molecular formula is C15H15NO5. The molecule has 0 spiro atoms. The van der Waals surface area contributed by atoms with E-state index in [2.05, 4.69) is 4.74 Å². The molecule has 2 aromatic rings. The van der Waals surface area contributed by atoms with Crippen LogP contribution < -0.4 is 5.63 Å². The fourth-order valence-corrected chi connectivity index (χ4v) is 1.88. The summed E-state index contributed by atoms with van der Waals surface area (Å²) < 4.78 is 9.63. The number of hydrogen-bond donors (Lipinski definition) is 0. The Morgan fingerprint density at radius 1 is 1.29 bits per heavy atom. The summed E-state index contributed by atoms with van der Waals surface area (Å²) in [6.45, 7) is 0.164. The van der Waals surface area contributed by atoms with Crippen LogP contribution in [0, 0.1) is 0 Å². The van der Waals surface area contributed by atoms with Gasteiger partial charge in [0.2, 0.25) is 0 Å². The number of carbonyl (C=O) groups is 2. The predicted octanol–water partition coefficient (Wildman–Crippen LogP) is 1.43. The van der Waals surface area contributed by atoms with Crippen LogP contribution in [-0.4, -0.2) is 37.5 Å². The molecule has 0 aliphatic carbocycles. The van der Waals surface area contributed by atoms with Crippen LogP contribution >= 0.6 is 0 Å². The lowest BCUT2D eigenvalue weighted by molar-refractivity contribution is -0.140. The molecule has 0 saturated carbocycles. The number of fused-ring (bicyclic) bond motifs is 1. The van der Waals surface area contributed by atoms with E-state index in [4.69, 9.17) is 4.42 Å². The fourth-order valence-electron chi connectivity index (χ4n) is 1.88. The molecule has 0 saturated heterocycles. The standard InChI is InChI=1S/C15H15NO5/c1-16(8-7-13(17)20-2)14(18)11-9-10-5-3-4-6-12(10)21-15(11)19/h3-6,9H,7-8H2,1-2H3. The van der Waals surface area contributed by atoms with Crippen molar-refractivity contribution in [3.05, 3.63) is 46.3 Å². The van der Waals surface area contributed by atoms with E-state index in [9.17, 15) is 14.4 Å². The van der Waals surface area contributed by atoms with E-state index in [-0.39, 0.29) is 18.5 Å². The molecule has 0 aliphatic rings. The van der Waals surface area contributed by atoms with Crippen molar-refractivity contribution in [1.82, 2.24) is 4.90 Å². The van der Waals surface area contributed by atoms with E-state index in [1.54, 1.807) is 24.3 Å². The first kappa shape index (κ1) is 14.8. The fraction of sp³-hybridized carbons (Fsp3) is 0.267. The van der Waals surface area contributed by atoms with Gasteiger partial charge in [0.1, 0.15) is 11.1 Å². The van der Waals surface area contributed by atoms with Gasteiger partial charge in [0.05, 0.1) is 13.5 Å². The molecule has 0 radical (unpaired) electrons. The van der Waals surface area contributed by atoms with Crippen molar-refractivity contribution >= 4 is 22.8 Å². The second kappa shape index (κ2) is 6.21. The smallest absolute Gasteiger partial charge is 0.349 e. The SMILES string of the molecule is COC(=O)CCN(C)C(=O)c1cc2ccccc2oc1=O. The molecule has 0 fully saturated rings. The summed E-state index contributed by atoms with van der Waals surface area (Å²) in [4.78, 5) is 36.5. The van der Waals surface area contributed by atoms with Crippen LogP contribution in [-0.2, 0) is 9.53 Å². The van der Waals surface area contributed by atoms with Gasteiger partial charge in [-0.1, -0.05) is 18.2 Å². The minimum atomic E-state index is -0.691. The zero-order valence-corrected chi connectivity index (χ0v) is 11.8. The Labute approximate surface area is 120 Å². The quantitative estimate of drug-likeness (QED) is 0.628. The maximum atomic E-state index is 12.2. The Kier molecular flexibility index (Phi) is 4.37. The number of methoxy groups -OCH3 is 1. The maximum absolute atomic E-state index is 12.2. The van der Waals surface area contributed by atoms with Crippen molar-refractivity contribution in [3.8, 4) is 0 Å². The summed E-state index contributed by atoms with van der Waals surface area (Å²) in [5.41, 5.74) is -0.319. The summed E-state index contributed by atoms with van der Waals surface area (Å²) in [5.74, 6) is -0.904. The van der Waals surface area contributed by atoms with Crippen LogP contribution in [0.4, 0.5) is 0 Å². The van der Waals surface area contributed by atoms with E-state index < -0.39 is 17.5 Å². The van der Waals surface area contributed by atoms with Crippen molar-refractivity contribution in [2.24, 2.45) is 0 Å².